The Morgan fingerprint density at radius 2 is 1.84 bits per heavy atom. The molecule has 2 aliphatic carbocycles. The molecule has 0 spiro atoms. The van der Waals surface area contributed by atoms with Gasteiger partial charge in [-0.05, 0) is 37.3 Å². The van der Waals surface area contributed by atoms with E-state index in [1.54, 1.807) is 4.90 Å². The number of halogens is 6. The highest BCUT2D eigenvalue weighted by Gasteiger charge is 2.59. The Morgan fingerprint density at radius 3 is 2.42 bits per heavy atom. The molecule has 3 unspecified atom stereocenters. The SMILES string of the molecule is O=C(NC(C1CC1)C(F)(F)F)c1cn(-c2c(F)cc(F)cc2F)c2nc(N3CC4CC4(O)C3)ccc2c1=O. The number of aromatic nitrogens is 2. The zero-order valence-electron chi connectivity index (χ0n) is 19.5. The molecule has 1 saturated heterocycles. The van der Waals surface area contributed by atoms with Crippen LogP contribution in [0.4, 0.5) is 32.2 Å². The lowest BCUT2D eigenvalue weighted by Crippen LogP contribution is -2.48. The molecule has 6 rings (SSSR count). The molecule has 38 heavy (non-hydrogen) atoms. The molecule has 200 valence electrons. The fourth-order valence-corrected chi connectivity index (χ4v) is 5.21. The van der Waals surface area contributed by atoms with Crippen LogP contribution >= 0.6 is 0 Å². The fraction of sp³-hybridized carbons (Fsp3) is 0.400. The Bertz CT molecular complexity index is 1530. The number of alkyl halides is 3. The van der Waals surface area contributed by atoms with Gasteiger partial charge in [-0.25, -0.2) is 18.2 Å². The molecule has 1 aliphatic heterocycles. The molecule has 1 aromatic carbocycles. The number of hydrogen-bond acceptors (Lipinski definition) is 5. The summed E-state index contributed by atoms with van der Waals surface area (Å²) >= 11 is 0. The molecule has 0 radical (unpaired) electrons. The summed E-state index contributed by atoms with van der Waals surface area (Å²) in [5.74, 6) is -5.87. The number of hydrogen-bond donors (Lipinski definition) is 2. The average molecular weight is 538 g/mol. The zero-order chi connectivity index (χ0) is 27.1. The molecule has 2 N–H and O–H groups in total. The number of piperidine rings is 1. The van der Waals surface area contributed by atoms with Gasteiger partial charge in [0.25, 0.3) is 5.91 Å². The van der Waals surface area contributed by atoms with Crippen LogP contribution in [0.25, 0.3) is 16.7 Å². The summed E-state index contributed by atoms with van der Waals surface area (Å²) in [6, 6.07) is 1.27. The minimum absolute atomic E-state index is 0.0355. The Hall–Kier alpha value is -3.61. The van der Waals surface area contributed by atoms with Crippen molar-refractivity contribution in [3.8, 4) is 5.69 Å². The van der Waals surface area contributed by atoms with Crippen molar-refractivity contribution in [1.82, 2.24) is 14.9 Å². The Balaban J connectivity index is 1.50. The molecular weight excluding hydrogens is 518 g/mol. The second-order valence-electron chi connectivity index (χ2n) is 10.2. The topological polar surface area (TPSA) is 87.5 Å². The maximum absolute atomic E-state index is 14.8. The summed E-state index contributed by atoms with van der Waals surface area (Å²) in [6.45, 7) is 0.707. The number of carbonyl (C=O) groups excluding carboxylic acids is 1. The van der Waals surface area contributed by atoms with E-state index in [9.17, 15) is 41.0 Å². The number of pyridine rings is 2. The van der Waals surface area contributed by atoms with E-state index in [0.29, 0.717) is 31.3 Å². The van der Waals surface area contributed by atoms with Gasteiger partial charge in [0.2, 0.25) is 5.43 Å². The van der Waals surface area contributed by atoms with Gasteiger partial charge >= 0.3 is 6.18 Å². The number of carbonyl (C=O) groups is 1. The van der Waals surface area contributed by atoms with Crippen molar-refractivity contribution in [1.29, 1.82) is 0 Å². The first-order valence-corrected chi connectivity index (χ1v) is 11.9. The van der Waals surface area contributed by atoms with Crippen molar-refractivity contribution in [3.63, 3.8) is 0 Å². The van der Waals surface area contributed by atoms with E-state index in [2.05, 4.69) is 4.98 Å². The third kappa shape index (κ3) is 4.08. The zero-order valence-corrected chi connectivity index (χ0v) is 19.5. The highest BCUT2D eigenvalue weighted by atomic mass is 19.4. The van der Waals surface area contributed by atoms with Crippen LogP contribution in [0, 0.1) is 29.3 Å². The average Bonchev–Trinajstić information content (AvgIpc) is 3.74. The molecule has 2 saturated carbocycles. The van der Waals surface area contributed by atoms with Gasteiger partial charge in [0, 0.05) is 37.3 Å². The van der Waals surface area contributed by atoms with Crippen LogP contribution in [-0.4, -0.2) is 51.5 Å². The molecule has 2 aromatic heterocycles. The van der Waals surface area contributed by atoms with Crippen molar-refractivity contribution in [3.05, 3.63) is 63.7 Å². The van der Waals surface area contributed by atoms with Crippen LogP contribution in [0.2, 0.25) is 0 Å². The largest absolute Gasteiger partial charge is 0.408 e. The predicted octanol–water partition coefficient (Wildman–Crippen LogP) is 3.44. The van der Waals surface area contributed by atoms with E-state index in [0.717, 1.165) is 4.57 Å². The van der Waals surface area contributed by atoms with E-state index >= 15 is 0 Å². The second-order valence-corrected chi connectivity index (χ2v) is 10.2. The smallest absolute Gasteiger partial charge is 0.388 e. The minimum atomic E-state index is -4.77. The van der Waals surface area contributed by atoms with E-state index in [1.807, 2.05) is 5.32 Å². The monoisotopic (exact) mass is 538 g/mol. The Kier molecular flexibility index (Phi) is 5.33. The maximum atomic E-state index is 14.8. The van der Waals surface area contributed by atoms with Crippen LogP contribution in [0.5, 0.6) is 0 Å². The molecule has 3 atom stereocenters. The number of fused-ring (bicyclic) bond motifs is 2. The van der Waals surface area contributed by atoms with Crippen molar-refractivity contribution >= 4 is 22.8 Å². The Labute approximate surface area is 210 Å². The Morgan fingerprint density at radius 1 is 1.16 bits per heavy atom. The summed E-state index contributed by atoms with van der Waals surface area (Å²) in [5.41, 5.74) is -3.80. The number of anilines is 1. The van der Waals surface area contributed by atoms with E-state index in [4.69, 9.17) is 0 Å². The molecule has 0 bridgehead atoms. The number of rotatable bonds is 5. The number of benzene rings is 1. The van der Waals surface area contributed by atoms with E-state index in [1.165, 1.54) is 12.1 Å². The number of nitrogens with zero attached hydrogens (tertiary/aromatic N) is 3. The number of nitrogens with one attached hydrogen (secondary N) is 1. The first-order valence-electron chi connectivity index (χ1n) is 11.9. The van der Waals surface area contributed by atoms with Gasteiger partial charge in [-0.15, -0.1) is 0 Å². The van der Waals surface area contributed by atoms with Crippen molar-refractivity contribution in [2.75, 3.05) is 18.0 Å². The lowest BCUT2D eigenvalue weighted by Gasteiger charge is -2.23. The quantitative estimate of drug-likeness (QED) is 0.487. The first kappa shape index (κ1) is 24.7. The van der Waals surface area contributed by atoms with Gasteiger partial charge in [0.1, 0.15) is 28.9 Å². The summed E-state index contributed by atoms with van der Waals surface area (Å²) in [5, 5.41) is 11.9. The van der Waals surface area contributed by atoms with Crippen LogP contribution in [-0.2, 0) is 0 Å². The normalized spacial score (nSPS) is 23.4. The lowest BCUT2D eigenvalue weighted by atomic mass is 10.1. The van der Waals surface area contributed by atoms with Crippen LogP contribution < -0.4 is 15.6 Å². The maximum Gasteiger partial charge on any atom is 0.408 e. The summed E-state index contributed by atoms with van der Waals surface area (Å²) in [4.78, 5) is 32.3. The molecule has 1 amide bonds. The molecule has 3 aliphatic rings. The minimum Gasteiger partial charge on any atom is -0.388 e. The summed E-state index contributed by atoms with van der Waals surface area (Å²) in [7, 11) is 0. The van der Waals surface area contributed by atoms with Crippen molar-refractivity contribution in [2.24, 2.45) is 11.8 Å². The van der Waals surface area contributed by atoms with Gasteiger partial charge in [0.15, 0.2) is 17.3 Å². The molecule has 7 nitrogen and oxygen atoms in total. The van der Waals surface area contributed by atoms with Crippen LogP contribution in [0.3, 0.4) is 0 Å². The van der Waals surface area contributed by atoms with Gasteiger partial charge in [0.05, 0.1) is 11.0 Å². The number of β-amino-alcohol motifs (C(OH)–C–C–N with tert-alkyl or cyclic N) is 1. The van der Waals surface area contributed by atoms with Gasteiger partial charge in [-0.3, -0.25) is 14.2 Å². The third-order valence-electron chi connectivity index (χ3n) is 7.47. The van der Waals surface area contributed by atoms with Gasteiger partial charge < -0.3 is 15.3 Å². The highest BCUT2D eigenvalue weighted by molar-refractivity contribution is 5.97. The number of aliphatic hydroxyl groups is 1. The van der Waals surface area contributed by atoms with Crippen molar-refractivity contribution < 1.29 is 36.2 Å². The first-order chi connectivity index (χ1) is 17.9. The van der Waals surface area contributed by atoms with E-state index in [-0.39, 0.29) is 42.2 Å². The molecule has 3 heterocycles. The lowest BCUT2D eigenvalue weighted by molar-refractivity contribution is -0.158. The molecular formula is C25H20F6N4O3. The van der Waals surface area contributed by atoms with Gasteiger partial charge in [-0.2, -0.15) is 13.2 Å². The molecule has 3 fully saturated rings. The standard InChI is InChI=1S/C25H20F6N4O3/c26-13-5-16(27)19(17(28)6-13)35-9-15(23(37)33-21(11-1-2-11)25(29,30)31)20(36)14-3-4-18(32-22(14)35)34-8-12-7-24(12,38)10-34/h3-6,9,11-12,21,38H,1-2,7-8,10H2,(H,33,37). The number of amides is 1. The predicted molar refractivity (Wildman–Crippen MR) is 123 cm³/mol. The third-order valence-corrected chi connectivity index (χ3v) is 7.47. The van der Waals surface area contributed by atoms with Crippen LogP contribution in [0.1, 0.15) is 29.6 Å². The molecule has 3 aromatic rings. The van der Waals surface area contributed by atoms with Gasteiger partial charge in [-0.1, -0.05) is 0 Å². The van der Waals surface area contributed by atoms with Crippen LogP contribution in [0.15, 0.2) is 35.3 Å². The second kappa shape index (κ2) is 8.19. The summed E-state index contributed by atoms with van der Waals surface area (Å²) < 4.78 is 84.6. The van der Waals surface area contributed by atoms with Crippen molar-refractivity contribution in [2.45, 2.75) is 37.1 Å². The fourth-order valence-electron chi connectivity index (χ4n) is 5.21. The van der Waals surface area contributed by atoms with E-state index < -0.39 is 63.8 Å². The molecule has 13 heteroatoms. The highest BCUT2D eigenvalue weighted by Crippen LogP contribution is 2.50. The summed E-state index contributed by atoms with van der Waals surface area (Å²) in [6.07, 6.45) is -2.93.